The Labute approximate surface area is 122 Å². The van der Waals surface area contributed by atoms with Gasteiger partial charge in [0.05, 0.1) is 11.9 Å². The first kappa shape index (κ1) is 16.6. The monoisotopic (exact) mass is 303 g/mol. The maximum absolute atomic E-state index is 12.0. The van der Waals surface area contributed by atoms with Crippen LogP contribution >= 0.6 is 11.8 Å². The summed E-state index contributed by atoms with van der Waals surface area (Å²) < 4.78 is 0. The van der Waals surface area contributed by atoms with Crippen molar-refractivity contribution >= 4 is 29.7 Å². The van der Waals surface area contributed by atoms with Gasteiger partial charge in [-0.15, -0.1) is 11.8 Å². The van der Waals surface area contributed by atoms with Crippen LogP contribution < -0.4 is 10.6 Å². The molecule has 0 radical (unpaired) electrons. The van der Waals surface area contributed by atoms with Crippen molar-refractivity contribution in [3.63, 3.8) is 0 Å². The molecule has 3 amide bonds. The number of carboxylic acids is 1. The molecule has 2 atom stereocenters. The number of hydrogen-bond donors (Lipinski definition) is 3. The average molecular weight is 303 g/mol. The molecular weight excluding hydrogens is 282 g/mol. The lowest BCUT2D eigenvalue weighted by Gasteiger charge is -2.26. The zero-order chi connectivity index (χ0) is 15.5. The SMILES string of the molecule is CC1SCC(C(=O)O)N1C(=O)NCC(=O)NC(C)(C)C. The van der Waals surface area contributed by atoms with Gasteiger partial charge in [-0.2, -0.15) is 0 Å². The topological polar surface area (TPSA) is 98.7 Å². The number of hydrogen-bond acceptors (Lipinski definition) is 4. The molecule has 8 heteroatoms. The van der Waals surface area contributed by atoms with E-state index in [0.29, 0.717) is 5.75 Å². The maximum Gasteiger partial charge on any atom is 0.327 e. The van der Waals surface area contributed by atoms with E-state index < -0.39 is 18.0 Å². The molecule has 0 bridgehead atoms. The van der Waals surface area contributed by atoms with Crippen molar-refractivity contribution in [2.24, 2.45) is 0 Å². The number of nitrogens with zero attached hydrogens (tertiary/aromatic N) is 1. The Bertz CT molecular complexity index is 408. The molecule has 3 N–H and O–H groups in total. The molecule has 1 rings (SSSR count). The van der Waals surface area contributed by atoms with E-state index in [1.54, 1.807) is 6.92 Å². The summed E-state index contributed by atoms with van der Waals surface area (Å²) in [5.74, 6) is -0.980. The van der Waals surface area contributed by atoms with E-state index in [0.717, 1.165) is 0 Å². The second-order valence-electron chi connectivity index (χ2n) is 5.65. The number of carbonyl (C=O) groups is 3. The van der Waals surface area contributed by atoms with Crippen LogP contribution in [0.25, 0.3) is 0 Å². The van der Waals surface area contributed by atoms with Gasteiger partial charge in [0.1, 0.15) is 6.04 Å². The van der Waals surface area contributed by atoms with Crippen molar-refractivity contribution in [2.75, 3.05) is 12.3 Å². The lowest BCUT2D eigenvalue weighted by Crippen LogP contribution is -2.52. The van der Waals surface area contributed by atoms with E-state index in [-0.39, 0.29) is 23.4 Å². The standard InChI is InChI=1S/C12H21N3O4S/c1-7-15(8(6-20-7)10(17)18)11(19)13-5-9(16)14-12(2,3)4/h7-8H,5-6H2,1-4H3,(H,13,19)(H,14,16)(H,17,18). The normalized spacial score (nSPS) is 22.5. The van der Waals surface area contributed by atoms with Crippen molar-refractivity contribution < 1.29 is 19.5 Å². The highest BCUT2D eigenvalue weighted by Crippen LogP contribution is 2.28. The number of amides is 3. The molecule has 1 aliphatic rings. The van der Waals surface area contributed by atoms with Crippen LogP contribution in [0.3, 0.4) is 0 Å². The lowest BCUT2D eigenvalue weighted by molar-refractivity contribution is -0.141. The summed E-state index contributed by atoms with van der Waals surface area (Å²) in [6.07, 6.45) is 0. The maximum atomic E-state index is 12.0. The first-order chi connectivity index (χ1) is 9.11. The van der Waals surface area contributed by atoms with E-state index in [1.165, 1.54) is 16.7 Å². The molecule has 7 nitrogen and oxygen atoms in total. The van der Waals surface area contributed by atoms with Crippen LogP contribution in [0.15, 0.2) is 0 Å². The number of rotatable bonds is 3. The molecule has 0 aromatic carbocycles. The fraction of sp³-hybridized carbons (Fsp3) is 0.750. The molecule has 0 aromatic heterocycles. The summed E-state index contributed by atoms with van der Waals surface area (Å²) in [6, 6.07) is -1.38. The van der Waals surface area contributed by atoms with Crippen LogP contribution in [0, 0.1) is 0 Å². The Hall–Kier alpha value is -1.44. The molecule has 114 valence electrons. The molecular formula is C12H21N3O4S. The molecule has 1 aliphatic heterocycles. The first-order valence-electron chi connectivity index (χ1n) is 6.33. The summed E-state index contributed by atoms with van der Waals surface area (Å²) in [6.45, 7) is 7.11. The number of thioether (sulfide) groups is 1. The minimum absolute atomic E-state index is 0.170. The number of carbonyl (C=O) groups excluding carboxylic acids is 2. The second-order valence-corrected chi connectivity index (χ2v) is 7.00. The van der Waals surface area contributed by atoms with Crippen LogP contribution in [0.2, 0.25) is 0 Å². The Morgan fingerprint density at radius 3 is 2.45 bits per heavy atom. The van der Waals surface area contributed by atoms with E-state index >= 15 is 0 Å². The third-order valence-electron chi connectivity index (χ3n) is 2.66. The second kappa shape index (κ2) is 6.34. The Balaban J connectivity index is 2.53. The van der Waals surface area contributed by atoms with Gasteiger partial charge in [0.25, 0.3) is 0 Å². The summed E-state index contributed by atoms with van der Waals surface area (Å²) in [5, 5.41) is 14.0. The number of carboxylic acid groups (broad SMARTS) is 1. The highest BCUT2D eigenvalue weighted by Gasteiger charge is 2.39. The lowest BCUT2D eigenvalue weighted by atomic mass is 10.1. The molecule has 20 heavy (non-hydrogen) atoms. The van der Waals surface area contributed by atoms with Gasteiger partial charge >= 0.3 is 12.0 Å². The quantitative estimate of drug-likeness (QED) is 0.703. The van der Waals surface area contributed by atoms with Gasteiger partial charge in [-0.25, -0.2) is 9.59 Å². The van der Waals surface area contributed by atoms with E-state index in [4.69, 9.17) is 5.11 Å². The van der Waals surface area contributed by atoms with Crippen molar-refractivity contribution in [2.45, 2.75) is 44.6 Å². The molecule has 0 aliphatic carbocycles. The summed E-state index contributed by atoms with van der Waals surface area (Å²) in [7, 11) is 0. The summed E-state index contributed by atoms with van der Waals surface area (Å²) >= 11 is 1.40. The van der Waals surface area contributed by atoms with Crippen LogP contribution in [-0.2, 0) is 9.59 Å². The third-order valence-corrected chi connectivity index (χ3v) is 3.87. The first-order valence-corrected chi connectivity index (χ1v) is 7.38. The van der Waals surface area contributed by atoms with Crippen molar-refractivity contribution in [3.05, 3.63) is 0 Å². The van der Waals surface area contributed by atoms with Gasteiger partial charge in [0.2, 0.25) is 5.91 Å². The van der Waals surface area contributed by atoms with Crippen LogP contribution in [-0.4, -0.2) is 57.2 Å². The van der Waals surface area contributed by atoms with Crippen LogP contribution in [0.5, 0.6) is 0 Å². The molecule has 1 heterocycles. The third kappa shape index (κ3) is 4.59. The highest BCUT2D eigenvalue weighted by molar-refractivity contribution is 8.00. The van der Waals surface area contributed by atoms with Gasteiger partial charge in [-0.3, -0.25) is 9.69 Å². The van der Waals surface area contributed by atoms with E-state index in [1.807, 2.05) is 20.8 Å². The average Bonchev–Trinajstić information content (AvgIpc) is 2.66. The van der Waals surface area contributed by atoms with Gasteiger partial charge in [-0.1, -0.05) is 0 Å². The smallest absolute Gasteiger partial charge is 0.327 e. The molecule has 0 spiro atoms. The summed E-state index contributed by atoms with van der Waals surface area (Å²) in [4.78, 5) is 35.9. The van der Waals surface area contributed by atoms with Gasteiger partial charge < -0.3 is 15.7 Å². The molecule has 2 unspecified atom stereocenters. The predicted molar refractivity (Wildman–Crippen MR) is 76.5 cm³/mol. The van der Waals surface area contributed by atoms with Gasteiger partial charge in [0.15, 0.2) is 0 Å². The molecule has 0 saturated carbocycles. The van der Waals surface area contributed by atoms with E-state index in [9.17, 15) is 14.4 Å². The van der Waals surface area contributed by atoms with E-state index in [2.05, 4.69) is 10.6 Å². The van der Waals surface area contributed by atoms with Crippen molar-refractivity contribution in [1.82, 2.24) is 15.5 Å². The minimum Gasteiger partial charge on any atom is -0.480 e. The molecule has 1 fully saturated rings. The Morgan fingerprint density at radius 2 is 1.95 bits per heavy atom. The number of nitrogens with one attached hydrogen (secondary N) is 2. The zero-order valence-corrected chi connectivity index (χ0v) is 12.9. The molecule has 1 saturated heterocycles. The highest BCUT2D eigenvalue weighted by atomic mass is 32.2. The fourth-order valence-electron chi connectivity index (χ4n) is 1.85. The van der Waals surface area contributed by atoms with Gasteiger partial charge in [0, 0.05) is 11.3 Å². The fourth-order valence-corrected chi connectivity index (χ4v) is 3.02. The van der Waals surface area contributed by atoms with Crippen LogP contribution in [0.4, 0.5) is 4.79 Å². The largest absolute Gasteiger partial charge is 0.480 e. The van der Waals surface area contributed by atoms with Crippen molar-refractivity contribution in [3.8, 4) is 0 Å². The molecule has 0 aromatic rings. The number of aliphatic carboxylic acids is 1. The van der Waals surface area contributed by atoms with Crippen LogP contribution in [0.1, 0.15) is 27.7 Å². The Kier molecular flexibility index (Phi) is 5.27. The Morgan fingerprint density at radius 1 is 1.35 bits per heavy atom. The van der Waals surface area contributed by atoms with Crippen molar-refractivity contribution in [1.29, 1.82) is 0 Å². The zero-order valence-electron chi connectivity index (χ0n) is 12.1. The summed E-state index contributed by atoms with van der Waals surface area (Å²) in [5.41, 5.74) is -0.373. The predicted octanol–water partition coefficient (Wildman–Crippen LogP) is 0.459. The van der Waals surface area contributed by atoms with Gasteiger partial charge in [-0.05, 0) is 27.7 Å². The number of urea groups is 1. The minimum atomic E-state index is -1.03.